The van der Waals surface area contributed by atoms with Crippen molar-refractivity contribution in [3.63, 3.8) is 0 Å². The van der Waals surface area contributed by atoms with E-state index in [1.807, 2.05) is 19.1 Å². The first-order valence-electron chi connectivity index (χ1n) is 5.43. The number of phenols is 1. The average Bonchev–Trinajstić information content (AvgIpc) is 2.28. The van der Waals surface area contributed by atoms with Gasteiger partial charge in [0.1, 0.15) is 5.75 Å². The van der Waals surface area contributed by atoms with E-state index in [2.05, 4.69) is 10.6 Å². The molecule has 1 unspecified atom stereocenters. The van der Waals surface area contributed by atoms with Crippen LogP contribution < -0.4 is 10.6 Å². The van der Waals surface area contributed by atoms with Crippen LogP contribution in [0.25, 0.3) is 0 Å². The summed E-state index contributed by atoms with van der Waals surface area (Å²) in [6.45, 7) is 4.78. The molecule has 1 amide bonds. The van der Waals surface area contributed by atoms with Crippen LogP contribution in [-0.4, -0.2) is 23.6 Å². The van der Waals surface area contributed by atoms with E-state index in [4.69, 9.17) is 0 Å². The average molecular weight is 222 g/mol. The number of hydrogen-bond acceptors (Lipinski definition) is 3. The molecule has 0 saturated heterocycles. The number of nitrogens with one attached hydrogen (secondary N) is 2. The van der Waals surface area contributed by atoms with Gasteiger partial charge in [-0.3, -0.25) is 4.79 Å². The third-order valence-electron chi connectivity index (χ3n) is 2.33. The SMILES string of the molecule is CCNC(=O)C(C)NCc1ccccc1O. The molecule has 0 fully saturated rings. The van der Waals surface area contributed by atoms with Gasteiger partial charge in [0.15, 0.2) is 0 Å². The van der Waals surface area contributed by atoms with Crippen LogP contribution in [0.5, 0.6) is 5.75 Å². The summed E-state index contributed by atoms with van der Waals surface area (Å²) in [6.07, 6.45) is 0. The van der Waals surface area contributed by atoms with Crippen molar-refractivity contribution < 1.29 is 9.90 Å². The minimum absolute atomic E-state index is 0.0297. The molecule has 0 heterocycles. The third kappa shape index (κ3) is 3.55. The lowest BCUT2D eigenvalue weighted by atomic mass is 10.2. The highest BCUT2D eigenvalue weighted by molar-refractivity contribution is 5.81. The predicted molar refractivity (Wildman–Crippen MR) is 63.1 cm³/mol. The molecule has 4 heteroatoms. The summed E-state index contributed by atoms with van der Waals surface area (Å²) in [4.78, 5) is 11.4. The highest BCUT2D eigenvalue weighted by atomic mass is 16.3. The Labute approximate surface area is 95.7 Å². The van der Waals surface area contributed by atoms with E-state index >= 15 is 0 Å². The van der Waals surface area contributed by atoms with E-state index in [0.717, 1.165) is 5.56 Å². The number of para-hydroxylation sites is 1. The largest absolute Gasteiger partial charge is 0.508 e. The van der Waals surface area contributed by atoms with Gasteiger partial charge in [-0.25, -0.2) is 0 Å². The molecule has 0 bridgehead atoms. The molecule has 16 heavy (non-hydrogen) atoms. The second-order valence-electron chi connectivity index (χ2n) is 3.63. The van der Waals surface area contributed by atoms with Gasteiger partial charge in [0.2, 0.25) is 5.91 Å². The maximum Gasteiger partial charge on any atom is 0.236 e. The number of phenolic OH excluding ortho intramolecular Hbond substituents is 1. The molecule has 0 aliphatic heterocycles. The van der Waals surface area contributed by atoms with Crippen molar-refractivity contribution in [2.24, 2.45) is 0 Å². The van der Waals surface area contributed by atoms with Crippen LogP contribution in [0.3, 0.4) is 0 Å². The Morgan fingerprint density at radius 1 is 1.44 bits per heavy atom. The van der Waals surface area contributed by atoms with Crippen molar-refractivity contribution in [2.45, 2.75) is 26.4 Å². The smallest absolute Gasteiger partial charge is 0.236 e. The van der Waals surface area contributed by atoms with Crippen LogP contribution >= 0.6 is 0 Å². The van der Waals surface area contributed by atoms with Gasteiger partial charge < -0.3 is 15.7 Å². The zero-order valence-electron chi connectivity index (χ0n) is 9.66. The molecule has 1 atom stereocenters. The van der Waals surface area contributed by atoms with Crippen LogP contribution in [-0.2, 0) is 11.3 Å². The number of benzene rings is 1. The Bertz CT molecular complexity index is 353. The number of carbonyl (C=O) groups excluding carboxylic acids is 1. The van der Waals surface area contributed by atoms with Crippen molar-refractivity contribution in [1.29, 1.82) is 0 Å². The monoisotopic (exact) mass is 222 g/mol. The van der Waals surface area contributed by atoms with Crippen LogP contribution in [0, 0.1) is 0 Å². The lowest BCUT2D eigenvalue weighted by molar-refractivity contribution is -0.122. The minimum Gasteiger partial charge on any atom is -0.508 e. The number of hydrogen-bond donors (Lipinski definition) is 3. The van der Waals surface area contributed by atoms with Crippen molar-refractivity contribution >= 4 is 5.91 Å². The number of likely N-dealkylation sites (N-methyl/N-ethyl adjacent to an activating group) is 1. The van der Waals surface area contributed by atoms with Gasteiger partial charge in [0, 0.05) is 18.7 Å². The normalized spacial score (nSPS) is 12.1. The standard InChI is InChI=1S/C12H18N2O2/c1-3-13-12(16)9(2)14-8-10-6-4-5-7-11(10)15/h4-7,9,14-15H,3,8H2,1-2H3,(H,13,16). The molecule has 88 valence electrons. The molecule has 4 nitrogen and oxygen atoms in total. The Hall–Kier alpha value is -1.55. The quantitative estimate of drug-likeness (QED) is 0.696. The fourth-order valence-corrected chi connectivity index (χ4v) is 1.34. The van der Waals surface area contributed by atoms with Gasteiger partial charge >= 0.3 is 0 Å². The molecule has 1 aromatic carbocycles. The Morgan fingerprint density at radius 3 is 2.75 bits per heavy atom. The van der Waals surface area contributed by atoms with Crippen LogP contribution in [0.1, 0.15) is 19.4 Å². The van der Waals surface area contributed by atoms with Gasteiger partial charge in [-0.1, -0.05) is 18.2 Å². The first-order valence-corrected chi connectivity index (χ1v) is 5.43. The van der Waals surface area contributed by atoms with Gasteiger partial charge in [-0.15, -0.1) is 0 Å². The molecular weight excluding hydrogens is 204 g/mol. The Balaban J connectivity index is 2.46. The van der Waals surface area contributed by atoms with Gasteiger partial charge in [0.25, 0.3) is 0 Å². The Kier molecular flexibility index (Phi) is 4.79. The van der Waals surface area contributed by atoms with E-state index in [1.54, 1.807) is 19.1 Å². The van der Waals surface area contributed by atoms with Crippen LogP contribution in [0.4, 0.5) is 0 Å². The van der Waals surface area contributed by atoms with Gasteiger partial charge in [-0.05, 0) is 19.9 Å². The molecule has 3 N–H and O–H groups in total. The van der Waals surface area contributed by atoms with Gasteiger partial charge in [-0.2, -0.15) is 0 Å². The molecular formula is C12H18N2O2. The topological polar surface area (TPSA) is 61.4 Å². The summed E-state index contributed by atoms with van der Waals surface area (Å²) < 4.78 is 0. The van der Waals surface area contributed by atoms with E-state index in [-0.39, 0.29) is 17.7 Å². The fraction of sp³-hybridized carbons (Fsp3) is 0.417. The second kappa shape index (κ2) is 6.12. The van der Waals surface area contributed by atoms with Crippen molar-refractivity contribution in [3.05, 3.63) is 29.8 Å². The highest BCUT2D eigenvalue weighted by Crippen LogP contribution is 2.14. The fourth-order valence-electron chi connectivity index (χ4n) is 1.34. The first-order chi connectivity index (χ1) is 7.65. The summed E-state index contributed by atoms with van der Waals surface area (Å²) in [5.41, 5.74) is 0.790. The van der Waals surface area contributed by atoms with E-state index < -0.39 is 0 Å². The molecule has 0 saturated carbocycles. The van der Waals surface area contributed by atoms with Crippen LogP contribution in [0.2, 0.25) is 0 Å². The molecule has 0 spiro atoms. The number of rotatable bonds is 5. The first kappa shape index (κ1) is 12.5. The Morgan fingerprint density at radius 2 is 2.12 bits per heavy atom. The number of amides is 1. The zero-order chi connectivity index (χ0) is 12.0. The predicted octanol–water partition coefficient (Wildman–Crippen LogP) is 1.01. The van der Waals surface area contributed by atoms with Crippen LogP contribution in [0.15, 0.2) is 24.3 Å². The summed E-state index contributed by atoms with van der Waals surface area (Å²) in [7, 11) is 0. The lowest BCUT2D eigenvalue weighted by Crippen LogP contribution is -2.41. The number of carbonyl (C=O) groups is 1. The van der Waals surface area contributed by atoms with Gasteiger partial charge in [0.05, 0.1) is 6.04 Å². The number of aromatic hydroxyl groups is 1. The summed E-state index contributed by atoms with van der Waals surface area (Å²) in [5, 5.41) is 15.3. The minimum atomic E-state index is -0.264. The molecule has 0 aliphatic carbocycles. The van der Waals surface area contributed by atoms with E-state index in [0.29, 0.717) is 13.1 Å². The summed E-state index contributed by atoms with van der Waals surface area (Å²) in [5.74, 6) is 0.219. The summed E-state index contributed by atoms with van der Waals surface area (Å²) in [6, 6.07) is 6.82. The van der Waals surface area contributed by atoms with Crippen molar-refractivity contribution in [2.75, 3.05) is 6.54 Å². The molecule has 1 rings (SSSR count). The second-order valence-corrected chi connectivity index (χ2v) is 3.63. The maximum atomic E-state index is 11.4. The summed E-state index contributed by atoms with van der Waals surface area (Å²) >= 11 is 0. The molecule has 0 radical (unpaired) electrons. The maximum absolute atomic E-state index is 11.4. The van der Waals surface area contributed by atoms with Crippen molar-refractivity contribution in [1.82, 2.24) is 10.6 Å². The lowest BCUT2D eigenvalue weighted by Gasteiger charge is -2.13. The third-order valence-corrected chi connectivity index (χ3v) is 2.33. The van der Waals surface area contributed by atoms with Crippen molar-refractivity contribution in [3.8, 4) is 5.75 Å². The van der Waals surface area contributed by atoms with E-state index in [1.165, 1.54) is 0 Å². The molecule has 1 aromatic rings. The van der Waals surface area contributed by atoms with E-state index in [9.17, 15) is 9.90 Å². The highest BCUT2D eigenvalue weighted by Gasteiger charge is 2.11. The molecule has 0 aromatic heterocycles. The zero-order valence-corrected chi connectivity index (χ0v) is 9.66. The molecule has 0 aliphatic rings.